The molecular formula is C6H7BrO2. The van der Waals surface area contributed by atoms with Gasteiger partial charge in [-0.1, -0.05) is 0 Å². The minimum atomic E-state index is -0.00282. The van der Waals surface area contributed by atoms with Gasteiger partial charge < -0.3 is 4.74 Å². The number of Topliss-reactive ketones (excluding diaryl/α,β-unsaturated/α-hetero) is 1. The molecule has 0 aromatic carbocycles. The van der Waals surface area contributed by atoms with E-state index in [1.54, 1.807) is 6.08 Å². The maximum Gasteiger partial charge on any atom is 0.194 e. The second-order valence-electron chi connectivity index (χ2n) is 1.89. The van der Waals surface area contributed by atoms with Crippen molar-refractivity contribution in [2.24, 2.45) is 0 Å². The predicted octanol–water partition coefficient (Wildman–Crippen LogP) is 1.60. The number of carbonyl (C=O) groups excluding carboxylic acids is 1. The molecule has 0 bridgehead atoms. The summed E-state index contributed by atoms with van der Waals surface area (Å²) >= 11 is 3.22. The van der Waals surface area contributed by atoms with Crippen molar-refractivity contribution in [2.75, 3.05) is 0 Å². The van der Waals surface area contributed by atoms with Crippen LogP contribution in [0.3, 0.4) is 0 Å². The zero-order valence-electron chi connectivity index (χ0n) is 5.06. The molecule has 2 nitrogen and oxygen atoms in total. The van der Waals surface area contributed by atoms with Gasteiger partial charge in [0.05, 0.1) is 0 Å². The molecule has 1 atom stereocenters. The molecule has 50 valence electrons. The number of rotatable bonds is 1. The van der Waals surface area contributed by atoms with Gasteiger partial charge in [0.1, 0.15) is 0 Å². The Morgan fingerprint density at radius 3 is 2.89 bits per heavy atom. The van der Waals surface area contributed by atoms with E-state index in [9.17, 15) is 4.79 Å². The van der Waals surface area contributed by atoms with Crippen LogP contribution in [0.4, 0.5) is 0 Å². The molecule has 9 heavy (non-hydrogen) atoms. The highest BCUT2D eigenvalue weighted by Crippen LogP contribution is 2.21. The van der Waals surface area contributed by atoms with Crippen LogP contribution in [0.2, 0.25) is 0 Å². The Balaban J connectivity index is 2.55. The number of halogens is 1. The van der Waals surface area contributed by atoms with Gasteiger partial charge in [-0.3, -0.25) is 4.79 Å². The van der Waals surface area contributed by atoms with E-state index >= 15 is 0 Å². The summed E-state index contributed by atoms with van der Waals surface area (Å²) in [7, 11) is 0. The molecule has 0 spiro atoms. The summed E-state index contributed by atoms with van der Waals surface area (Å²) in [6.07, 6.45) is 2.58. The maximum atomic E-state index is 10.6. The van der Waals surface area contributed by atoms with Crippen molar-refractivity contribution in [3.63, 3.8) is 0 Å². The predicted molar refractivity (Wildman–Crippen MR) is 37.2 cm³/mol. The molecule has 0 aliphatic carbocycles. The third-order valence-electron chi connectivity index (χ3n) is 1.09. The Morgan fingerprint density at radius 2 is 2.67 bits per heavy atom. The van der Waals surface area contributed by atoms with Gasteiger partial charge in [0.15, 0.2) is 16.6 Å². The van der Waals surface area contributed by atoms with Crippen molar-refractivity contribution in [3.8, 4) is 0 Å². The molecule has 1 aliphatic heterocycles. The third-order valence-corrected chi connectivity index (χ3v) is 1.65. The van der Waals surface area contributed by atoms with Crippen LogP contribution in [0.15, 0.2) is 11.8 Å². The van der Waals surface area contributed by atoms with Crippen molar-refractivity contribution in [1.29, 1.82) is 0 Å². The minimum absolute atomic E-state index is 0.00282. The van der Waals surface area contributed by atoms with E-state index in [0.29, 0.717) is 5.76 Å². The lowest BCUT2D eigenvalue weighted by Gasteiger charge is -2.01. The molecule has 1 unspecified atom stereocenters. The minimum Gasteiger partial charge on any atom is -0.476 e. The third kappa shape index (κ3) is 1.55. The quantitative estimate of drug-likeness (QED) is 0.588. The topological polar surface area (TPSA) is 26.3 Å². The van der Waals surface area contributed by atoms with Crippen molar-refractivity contribution < 1.29 is 9.53 Å². The summed E-state index contributed by atoms with van der Waals surface area (Å²) in [5.74, 6) is 0.480. The second kappa shape index (κ2) is 2.52. The number of ether oxygens (including phenoxy) is 1. The summed E-state index contributed by atoms with van der Waals surface area (Å²) in [6.45, 7) is 1.50. The normalized spacial score (nSPS) is 25.1. The van der Waals surface area contributed by atoms with Crippen LogP contribution in [-0.4, -0.2) is 10.8 Å². The average molecular weight is 191 g/mol. The van der Waals surface area contributed by atoms with E-state index in [0.717, 1.165) is 6.42 Å². The Hall–Kier alpha value is -0.310. The van der Waals surface area contributed by atoms with Gasteiger partial charge in [-0.15, -0.1) is 0 Å². The fourth-order valence-corrected chi connectivity index (χ4v) is 1.05. The molecule has 1 heterocycles. The van der Waals surface area contributed by atoms with Crippen LogP contribution < -0.4 is 0 Å². The molecule has 0 saturated carbocycles. The van der Waals surface area contributed by atoms with Crippen LogP contribution in [0.25, 0.3) is 0 Å². The van der Waals surface area contributed by atoms with Gasteiger partial charge in [0.25, 0.3) is 0 Å². The lowest BCUT2D eigenvalue weighted by Crippen LogP contribution is -2.00. The monoisotopic (exact) mass is 190 g/mol. The van der Waals surface area contributed by atoms with Gasteiger partial charge in [-0.25, -0.2) is 0 Å². The molecule has 1 aliphatic rings. The van der Waals surface area contributed by atoms with Crippen LogP contribution in [0, 0.1) is 0 Å². The van der Waals surface area contributed by atoms with Gasteiger partial charge >= 0.3 is 0 Å². The van der Waals surface area contributed by atoms with Gasteiger partial charge in [-0.2, -0.15) is 0 Å². The molecule has 0 fully saturated rings. The van der Waals surface area contributed by atoms with Crippen LogP contribution in [-0.2, 0) is 9.53 Å². The summed E-state index contributed by atoms with van der Waals surface area (Å²) < 4.78 is 5.05. The molecule has 0 aromatic rings. The lowest BCUT2D eigenvalue weighted by atomic mass is 10.3. The SMILES string of the molecule is CC(=O)C1=CCC(Br)O1. The molecular weight excluding hydrogens is 184 g/mol. The molecule has 0 aromatic heterocycles. The van der Waals surface area contributed by atoms with Crippen molar-refractivity contribution in [2.45, 2.75) is 18.4 Å². The van der Waals surface area contributed by atoms with E-state index in [4.69, 9.17) is 4.74 Å². The Kier molecular flexibility index (Phi) is 1.90. The first-order chi connectivity index (χ1) is 4.20. The van der Waals surface area contributed by atoms with E-state index < -0.39 is 0 Å². The van der Waals surface area contributed by atoms with Gasteiger partial charge in [0.2, 0.25) is 0 Å². The number of allylic oxidation sites excluding steroid dienone is 1. The molecule has 1 rings (SSSR count). The highest BCUT2D eigenvalue weighted by atomic mass is 79.9. The van der Waals surface area contributed by atoms with Gasteiger partial charge in [-0.05, 0) is 22.0 Å². The molecule has 0 N–H and O–H groups in total. The van der Waals surface area contributed by atoms with E-state index in [-0.39, 0.29) is 10.8 Å². The number of ketones is 1. The molecule has 3 heteroatoms. The maximum absolute atomic E-state index is 10.6. The molecule has 0 radical (unpaired) electrons. The Bertz CT molecular complexity index is 162. The lowest BCUT2D eigenvalue weighted by molar-refractivity contribution is -0.116. The fourth-order valence-electron chi connectivity index (χ4n) is 0.660. The highest BCUT2D eigenvalue weighted by molar-refractivity contribution is 9.09. The Labute approximate surface area is 62.0 Å². The van der Waals surface area contributed by atoms with Crippen molar-refractivity contribution >= 4 is 21.7 Å². The van der Waals surface area contributed by atoms with E-state index in [1.165, 1.54) is 6.92 Å². The van der Waals surface area contributed by atoms with Crippen molar-refractivity contribution in [1.82, 2.24) is 0 Å². The number of hydrogen-bond donors (Lipinski definition) is 0. The number of carbonyl (C=O) groups is 1. The molecule has 0 saturated heterocycles. The van der Waals surface area contributed by atoms with Crippen LogP contribution >= 0.6 is 15.9 Å². The molecule has 0 amide bonds. The second-order valence-corrected chi connectivity index (χ2v) is 2.91. The summed E-state index contributed by atoms with van der Waals surface area (Å²) in [4.78, 5) is 10.6. The zero-order chi connectivity index (χ0) is 6.85. The zero-order valence-corrected chi connectivity index (χ0v) is 6.64. The smallest absolute Gasteiger partial charge is 0.194 e. The summed E-state index contributed by atoms with van der Waals surface area (Å²) in [5.41, 5.74) is 0. The van der Waals surface area contributed by atoms with Gasteiger partial charge in [0, 0.05) is 13.3 Å². The number of hydrogen-bond acceptors (Lipinski definition) is 2. The number of alkyl halides is 1. The first-order valence-corrected chi connectivity index (χ1v) is 3.63. The average Bonchev–Trinajstić information content (AvgIpc) is 2.14. The highest BCUT2D eigenvalue weighted by Gasteiger charge is 2.16. The van der Waals surface area contributed by atoms with Crippen LogP contribution in [0.5, 0.6) is 0 Å². The largest absolute Gasteiger partial charge is 0.476 e. The fraction of sp³-hybridized carbons (Fsp3) is 0.500. The Morgan fingerprint density at radius 1 is 2.00 bits per heavy atom. The first kappa shape index (κ1) is 6.81. The first-order valence-electron chi connectivity index (χ1n) is 2.72. The van der Waals surface area contributed by atoms with Crippen molar-refractivity contribution in [3.05, 3.63) is 11.8 Å². The van der Waals surface area contributed by atoms with Crippen LogP contribution in [0.1, 0.15) is 13.3 Å². The summed E-state index contributed by atoms with van der Waals surface area (Å²) in [5, 5.41) is 0.0106. The standard InChI is InChI=1S/C6H7BrO2/c1-4(8)5-2-3-6(7)9-5/h2,6H,3H2,1H3. The summed E-state index contributed by atoms with van der Waals surface area (Å²) in [6, 6.07) is 0. The van der Waals surface area contributed by atoms with E-state index in [2.05, 4.69) is 15.9 Å². The van der Waals surface area contributed by atoms with E-state index in [1.807, 2.05) is 0 Å².